The summed E-state index contributed by atoms with van der Waals surface area (Å²) in [6, 6.07) is 2.44. The van der Waals surface area contributed by atoms with Crippen LogP contribution in [-0.2, 0) is 6.54 Å². The minimum atomic E-state index is 0.273. The summed E-state index contributed by atoms with van der Waals surface area (Å²) < 4.78 is 0. The molecule has 2 unspecified atom stereocenters. The van der Waals surface area contributed by atoms with Crippen LogP contribution in [-0.4, -0.2) is 28.4 Å². The first-order valence-corrected chi connectivity index (χ1v) is 6.92. The molecule has 0 N–H and O–H groups in total. The average Bonchev–Trinajstić information content (AvgIpc) is 2.32. The van der Waals surface area contributed by atoms with Gasteiger partial charge in [0.25, 0.3) is 0 Å². The molecule has 0 amide bonds. The highest BCUT2D eigenvalue weighted by atomic mass is 35.5. The smallest absolute Gasteiger partial charge is 0.0634 e. The van der Waals surface area contributed by atoms with Gasteiger partial charge in [0.2, 0.25) is 0 Å². The molecule has 4 heteroatoms. The first-order valence-electron chi connectivity index (χ1n) is 6.11. The number of nitrogens with zero attached hydrogens (tertiary/aromatic N) is 2. The van der Waals surface area contributed by atoms with E-state index in [9.17, 15) is 0 Å². The summed E-state index contributed by atoms with van der Waals surface area (Å²) in [5, 5.41) is 1.01. The highest BCUT2D eigenvalue weighted by Gasteiger charge is 2.26. The second kappa shape index (κ2) is 6.03. The molecular formula is C13H18Cl2N2. The maximum Gasteiger partial charge on any atom is 0.0634 e. The monoisotopic (exact) mass is 272 g/mol. The molecule has 1 fully saturated rings. The highest BCUT2D eigenvalue weighted by Crippen LogP contribution is 2.28. The molecule has 0 spiro atoms. The standard InChI is InChI=1S/C13H18Cl2N2/c1-17(13-5-3-2-4-11(13)14)9-10-6-7-16-8-12(10)15/h6-8,11,13H,2-5,9H2,1H3. The summed E-state index contributed by atoms with van der Waals surface area (Å²) in [7, 11) is 2.13. The minimum absolute atomic E-state index is 0.273. The zero-order chi connectivity index (χ0) is 12.3. The van der Waals surface area contributed by atoms with Gasteiger partial charge in [0.15, 0.2) is 0 Å². The van der Waals surface area contributed by atoms with Crippen molar-refractivity contribution in [2.24, 2.45) is 0 Å². The fourth-order valence-corrected chi connectivity index (χ4v) is 3.13. The molecule has 17 heavy (non-hydrogen) atoms. The van der Waals surface area contributed by atoms with E-state index in [1.807, 2.05) is 6.07 Å². The Bertz CT molecular complexity index is 370. The number of hydrogen-bond donors (Lipinski definition) is 0. The summed E-state index contributed by atoms with van der Waals surface area (Å²) in [6.07, 6.45) is 8.34. The zero-order valence-corrected chi connectivity index (χ0v) is 11.6. The Kier molecular flexibility index (Phi) is 4.66. The van der Waals surface area contributed by atoms with E-state index < -0.39 is 0 Å². The number of alkyl halides is 1. The van der Waals surface area contributed by atoms with E-state index in [1.54, 1.807) is 12.4 Å². The van der Waals surface area contributed by atoms with Crippen molar-refractivity contribution < 1.29 is 0 Å². The summed E-state index contributed by atoms with van der Waals surface area (Å²) in [6.45, 7) is 0.842. The maximum absolute atomic E-state index is 6.40. The van der Waals surface area contributed by atoms with Crippen molar-refractivity contribution in [1.29, 1.82) is 0 Å². The van der Waals surface area contributed by atoms with Crippen LogP contribution in [0.25, 0.3) is 0 Å². The minimum Gasteiger partial charge on any atom is -0.298 e. The van der Waals surface area contributed by atoms with Gasteiger partial charge < -0.3 is 0 Å². The van der Waals surface area contributed by atoms with E-state index >= 15 is 0 Å². The lowest BCUT2D eigenvalue weighted by Crippen LogP contribution is -2.40. The fourth-order valence-electron chi connectivity index (χ4n) is 2.48. The van der Waals surface area contributed by atoms with E-state index in [2.05, 4.69) is 16.9 Å². The summed E-state index contributed by atoms with van der Waals surface area (Å²) in [5.41, 5.74) is 1.12. The largest absolute Gasteiger partial charge is 0.298 e. The summed E-state index contributed by atoms with van der Waals surface area (Å²) in [5.74, 6) is 0. The van der Waals surface area contributed by atoms with Crippen LogP contribution in [0.1, 0.15) is 31.2 Å². The van der Waals surface area contributed by atoms with Gasteiger partial charge in [-0.05, 0) is 31.5 Å². The van der Waals surface area contributed by atoms with Gasteiger partial charge in [-0.15, -0.1) is 11.6 Å². The van der Waals surface area contributed by atoms with Crippen LogP contribution >= 0.6 is 23.2 Å². The van der Waals surface area contributed by atoms with Crippen molar-refractivity contribution in [3.05, 3.63) is 29.0 Å². The summed E-state index contributed by atoms with van der Waals surface area (Å²) in [4.78, 5) is 6.32. The van der Waals surface area contributed by atoms with Crippen molar-refractivity contribution in [2.45, 2.75) is 43.6 Å². The Balaban J connectivity index is 2.01. The van der Waals surface area contributed by atoms with Crippen molar-refractivity contribution >= 4 is 23.2 Å². The molecule has 1 aliphatic carbocycles. The Hall–Kier alpha value is -0.310. The Morgan fingerprint density at radius 3 is 2.88 bits per heavy atom. The van der Waals surface area contributed by atoms with Crippen LogP contribution in [0.4, 0.5) is 0 Å². The van der Waals surface area contributed by atoms with Gasteiger partial charge in [0.1, 0.15) is 0 Å². The van der Waals surface area contributed by atoms with E-state index in [1.165, 1.54) is 19.3 Å². The van der Waals surface area contributed by atoms with E-state index in [4.69, 9.17) is 23.2 Å². The van der Waals surface area contributed by atoms with Gasteiger partial charge in [-0.3, -0.25) is 9.88 Å². The lowest BCUT2D eigenvalue weighted by atomic mass is 9.93. The molecule has 2 rings (SSSR count). The Morgan fingerprint density at radius 1 is 1.41 bits per heavy atom. The van der Waals surface area contributed by atoms with Crippen molar-refractivity contribution in [1.82, 2.24) is 9.88 Å². The predicted octanol–water partition coefficient (Wildman–Crippen LogP) is 3.72. The molecule has 0 radical (unpaired) electrons. The second-order valence-electron chi connectivity index (χ2n) is 4.75. The molecule has 0 bridgehead atoms. The average molecular weight is 273 g/mol. The molecule has 0 aromatic carbocycles. The van der Waals surface area contributed by atoms with Gasteiger partial charge in [-0.1, -0.05) is 24.4 Å². The van der Waals surface area contributed by atoms with E-state index in [0.29, 0.717) is 6.04 Å². The van der Waals surface area contributed by atoms with Crippen LogP contribution < -0.4 is 0 Å². The number of rotatable bonds is 3. The molecular weight excluding hydrogens is 255 g/mol. The number of pyridine rings is 1. The number of halogens is 2. The molecule has 94 valence electrons. The molecule has 2 nitrogen and oxygen atoms in total. The third kappa shape index (κ3) is 3.34. The van der Waals surface area contributed by atoms with Crippen LogP contribution in [0, 0.1) is 0 Å². The van der Waals surface area contributed by atoms with Gasteiger partial charge in [0.05, 0.1) is 5.02 Å². The normalized spacial score (nSPS) is 25.2. The van der Waals surface area contributed by atoms with Gasteiger partial charge in [0, 0.05) is 30.4 Å². The van der Waals surface area contributed by atoms with E-state index in [0.717, 1.165) is 23.6 Å². The first kappa shape index (κ1) is 13.1. The lowest BCUT2D eigenvalue weighted by Gasteiger charge is -2.35. The SMILES string of the molecule is CN(Cc1ccncc1Cl)C1CCCCC1Cl. The quantitative estimate of drug-likeness (QED) is 0.780. The number of aromatic nitrogens is 1. The zero-order valence-electron chi connectivity index (χ0n) is 10.1. The van der Waals surface area contributed by atoms with E-state index in [-0.39, 0.29) is 5.38 Å². The van der Waals surface area contributed by atoms with Gasteiger partial charge in [-0.2, -0.15) is 0 Å². The fraction of sp³-hybridized carbons (Fsp3) is 0.615. The van der Waals surface area contributed by atoms with Crippen LogP contribution in [0.3, 0.4) is 0 Å². The van der Waals surface area contributed by atoms with Crippen molar-refractivity contribution in [3.8, 4) is 0 Å². The Morgan fingerprint density at radius 2 is 2.18 bits per heavy atom. The number of hydrogen-bond acceptors (Lipinski definition) is 2. The molecule has 1 aliphatic rings. The molecule has 0 aliphatic heterocycles. The van der Waals surface area contributed by atoms with Crippen LogP contribution in [0.2, 0.25) is 5.02 Å². The van der Waals surface area contributed by atoms with Gasteiger partial charge in [-0.25, -0.2) is 0 Å². The molecule has 1 aromatic heterocycles. The third-order valence-corrected chi connectivity index (χ3v) is 4.34. The van der Waals surface area contributed by atoms with Gasteiger partial charge >= 0.3 is 0 Å². The van der Waals surface area contributed by atoms with Crippen LogP contribution in [0.15, 0.2) is 18.5 Å². The predicted molar refractivity (Wildman–Crippen MR) is 72.6 cm³/mol. The Labute approximate surface area is 113 Å². The second-order valence-corrected chi connectivity index (χ2v) is 5.72. The molecule has 1 saturated carbocycles. The molecule has 1 aromatic rings. The molecule has 1 heterocycles. The maximum atomic E-state index is 6.40. The van der Waals surface area contributed by atoms with Crippen molar-refractivity contribution in [3.63, 3.8) is 0 Å². The van der Waals surface area contributed by atoms with Crippen molar-refractivity contribution in [2.75, 3.05) is 7.05 Å². The first-order chi connectivity index (χ1) is 8.18. The molecule has 2 atom stereocenters. The van der Waals surface area contributed by atoms with Crippen LogP contribution in [0.5, 0.6) is 0 Å². The molecule has 0 saturated heterocycles. The third-order valence-electron chi connectivity index (χ3n) is 3.49. The topological polar surface area (TPSA) is 16.1 Å². The highest BCUT2D eigenvalue weighted by molar-refractivity contribution is 6.31. The lowest BCUT2D eigenvalue weighted by molar-refractivity contribution is 0.188. The summed E-state index contributed by atoms with van der Waals surface area (Å²) >= 11 is 12.5.